The minimum absolute atomic E-state index is 0.0462. The lowest BCUT2D eigenvalue weighted by molar-refractivity contribution is -0.123. The first-order valence-electron chi connectivity index (χ1n) is 8.22. The van der Waals surface area contributed by atoms with Gasteiger partial charge in [-0.1, -0.05) is 32.9 Å². The molecule has 2 aromatic rings. The van der Waals surface area contributed by atoms with Crippen LogP contribution in [0.15, 0.2) is 47.6 Å². The highest BCUT2D eigenvalue weighted by Crippen LogP contribution is 2.24. The molecule has 2 aromatic carbocycles. The van der Waals surface area contributed by atoms with E-state index in [-0.39, 0.29) is 29.0 Å². The Balaban J connectivity index is 1.91. The predicted octanol–water partition coefficient (Wildman–Crippen LogP) is 3.75. The summed E-state index contributed by atoms with van der Waals surface area (Å²) >= 11 is 0. The number of nitrogens with one attached hydrogen (secondary N) is 1. The molecule has 0 aliphatic heterocycles. The maximum Gasteiger partial charge on any atom is 0.277 e. The number of carbonyl (C=O) groups is 1. The number of phenols is 1. The molecule has 26 heavy (non-hydrogen) atoms. The highest BCUT2D eigenvalue weighted by atomic mass is 19.1. The number of nitrogens with zero attached hydrogens (tertiary/aromatic N) is 1. The summed E-state index contributed by atoms with van der Waals surface area (Å²) in [5.74, 6) is -0.491. The van der Waals surface area contributed by atoms with E-state index in [4.69, 9.17) is 4.74 Å². The third kappa shape index (κ3) is 5.31. The fraction of sp³-hybridized carbons (Fsp3) is 0.300. The zero-order chi connectivity index (χ0) is 19.3. The van der Waals surface area contributed by atoms with Crippen LogP contribution in [0.2, 0.25) is 0 Å². The Kier molecular flexibility index (Phi) is 5.97. The number of ether oxygens (including phenoxy) is 1. The van der Waals surface area contributed by atoms with E-state index in [0.29, 0.717) is 5.75 Å². The largest absolute Gasteiger partial charge is 0.507 e. The lowest BCUT2D eigenvalue weighted by atomic mass is 9.87. The summed E-state index contributed by atoms with van der Waals surface area (Å²) in [6.07, 6.45) is 0. The Hall–Kier alpha value is -2.89. The third-order valence-corrected chi connectivity index (χ3v) is 3.79. The topological polar surface area (TPSA) is 70.9 Å². The van der Waals surface area contributed by atoms with Crippen LogP contribution < -0.4 is 10.2 Å². The molecule has 0 saturated heterocycles. The average molecular weight is 358 g/mol. The molecule has 0 fully saturated rings. The number of benzene rings is 2. The van der Waals surface area contributed by atoms with Gasteiger partial charge in [0.05, 0.1) is 5.71 Å². The van der Waals surface area contributed by atoms with Gasteiger partial charge in [0.25, 0.3) is 5.91 Å². The number of hydrogen-bond acceptors (Lipinski definition) is 4. The number of halogens is 1. The molecule has 2 N–H and O–H groups in total. The smallest absolute Gasteiger partial charge is 0.277 e. The van der Waals surface area contributed by atoms with Gasteiger partial charge in [-0.15, -0.1) is 0 Å². The Bertz CT molecular complexity index is 809. The number of aromatic hydroxyl groups is 1. The summed E-state index contributed by atoms with van der Waals surface area (Å²) in [5.41, 5.74) is 4.04. The molecule has 0 atom stereocenters. The lowest BCUT2D eigenvalue weighted by Gasteiger charge is -2.19. The van der Waals surface area contributed by atoms with Gasteiger partial charge < -0.3 is 9.84 Å². The van der Waals surface area contributed by atoms with Crippen molar-refractivity contribution in [3.05, 3.63) is 59.4 Å². The summed E-state index contributed by atoms with van der Waals surface area (Å²) < 4.78 is 18.7. The molecule has 138 valence electrons. The van der Waals surface area contributed by atoms with Crippen molar-refractivity contribution >= 4 is 11.6 Å². The first-order chi connectivity index (χ1) is 12.2. The molecule has 0 unspecified atom stereocenters. The van der Waals surface area contributed by atoms with Crippen LogP contribution in [-0.2, 0) is 10.2 Å². The molecule has 0 spiro atoms. The molecule has 0 saturated carbocycles. The predicted molar refractivity (Wildman–Crippen MR) is 99.1 cm³/mol. The van der Waals surface area contributed by atoms with Crippen molar-refractivity contribution in [1.29, 1.82) is 0 Å². The molecule has 2 rings (SSSR count). The zero-order valence-corrected chi connectivity index (χ0v) is 15.3. The van der Waals surface area contributed by atoms with Crippen LogP contribution in [0.1, 0.15) is 38.8 Å². The summed E-state index contributed by atoms with van der Waals surface area (Å²) in [5, 5.41) is 13.6. The van der Waals surface area contributed by atoms with Gasteiger partial charge in [0.1, 0.15) is 17.3 Å². The molecular formula is C20H23FN2O3. The van der Waals surface area contributed by atoms with E-state index in [1.54, 1.807) is 6.92 Å². The van der Waals surface area contributed by atoms with Crippen molar-refractivity contribution in [3.8, 4) is 11.5 Å². The fourth-order valence-electron chi connectivity index (χ4n) is 2.24. The minimum Gasteiger partial charge on any atom is -0.507 e. The SMILES string of the molecule is C/C(=N\NC(=O)COc1ccc(C(C)(C)C)cc1)c1cc(F)ccc1O. The average Bonchev–Trinajstić information content (AvgIpc) is 2.59. The molecule has 0 bridgehead atoms. The lowest BCUT2D eigenvalue weighted by Crippen LogP contribution is -2.25. The highest BCUT2D eigenvalue weighted by molar-refractivity contribution is 6.01. The van der Waals surface area contributed by atoms with Gasteiger partial charge in [-0.25, -0.2) is 9.82 Å². The number of amides is 1. The zero-order valence-electron chi connectivity index (χ0n) is 15.3. The quantitative estimate of drug-likeness (QED) is 0.632. The van der Waals surface area contributed by atoms with Crippen LogP contribution in [0.5, 0.6) is 11.5 Å². The van der Waals surface area contributed by atoms with Crippen LogP contribution in [0.3, 0.4) is 0 Å². The van der Waals surface area contributed by atoms with Gasteiger partial charge >= 0.3 is 0 Å². The minimum atomic E-state index is -0.499. The van der Waals surface area contributed by atoms with Gasteiger partial charge in [-0.3, -0.25) is 4.79 Å². The van der Waals surface area contributed by atoms with Crippen molar-refractivity contribution in [2.75, 3.05) is 6.61 Å². The summed E-state index contributed by atoms with van der Waals surface area (Å²) in [6.45, 7) is 7.70. The molecule has 0 aliphatic rings. The highest BCUT2D eigenvalue weighted by Gasteiger charge is 2.13. The number of rotatable bonds is 5. The van der Waals surface area contributed by atoms with E-state index in [2.05, 4.69) is 31.3 Å². The second-order valence-corrected chi connectivity index (χ2v) is 6.96. The number of phenolic OH excluding ortho intramolecular Hbond substituents is 1. The molecular weight excluding hydrogens is 335 g/mol. The number of hydrogen-bond donors (Lipinski definition) is 2. The Morgan fingerprint density at radius 1 is 1.19 bits per heavy atom. The number of carbonyl (C=O) groups excluding carboxylic acids is 1. The first-order valence-corrected chi connectivity index (χ1v) is 8.22. The van der Waals surface area contributed by atoms with Crippen LogP contribution >= 0.6 is 0 Å². The van der Waals surface area contributed by atoms with Crippen molar-refractivity contribution in [1.82, 2.24) is 5.43 Å². The van der Waals surface area contributed by atoms with Crippen molar-refractivity contribution in [2.45, 2.75) is 33.1 Å². The normalized spacial score (nSPS) is 12.0. The van der Waals surface area contributed by atoms with E-state index in [0.717, 1.165) is 12.1 Å². The second kappa shape index (κ2) is 7.99. The van der Waals surface area contributed by atoms with Crippen LogP contribution in [0.4, 0.5) is 4.39 Å². The van der Waals surface area contributed by atoms with E-state index >= 15 is 0 Å². The van der Waals surface area contributed by atoms with Crippen molar-refractivity contribution in [2.24, 2.45) is 5.10 Å². The third-order valence-electron chi connectivity index (χ3n) is 3.79. The summed E-state index contributed by atoms with van der Waals surface area (Å²) in [6, 6.07) is 11.1. The van der Waals surface area contributed by atoms with Crippen LogP contribution in [0, 0.1) is 5.82 Å². The maximum absolute atomic E-state index is 13.2. The van der Waals surface area contributed by atoms with Crippen LogP contribution in [-0.4, -0.2) is 23.3 Å². The monoisotopic (exact) mass is 358 g/mol. The van der Waals surface area contributed by atoms with E-state index in [1.165, 1.54) is 11.6 Å². The summed E-state index contributed by atoms with van der Waals surface area (Å²) in [4.78, 5) is 11.9. The van der Waals surface area contributed by atoms with E-state index in [1.807, 2.05) is 24.3 Å². The molecule has 5 nitrogen and oxygen atoms in total. The van der Waals surface area contributed by atoms with E-state index < -0.39 is 11.7 Å². The molecule has 0 radical (unpaired) electrons. The number of hydrazone groups is 1. The standard InChI is InChI=1S/C20H23FN2O3/c1-13(17-11-15(21)7-10-18(17)24)22-23-19(25)12-26-16-8-5-14(6-9-16)20(2,3)4/h5-11,24H,12H2,1-4H3,(H,23,25)/b22-13+. The Morgan fingerprint density at radius 2 is 1.85 bits per heavy atom. The van der Waals surface area contributed by atoms with Gasteiger partial charge in [-0.2, -0.15) is 5.10 Å². The second-order valence-electron chi connectivity index (χ2n) is 6.96. The van der Waals surface area contributed by atoms with Gasteiger partial charge in [-0.05, 0) is 48.2 Å². The van der Waals surface area contributed by atoms with Gasteiger partial charge in [0, 0.05) is 5.56 Å². The Labute approximate surface area is 152 Å². The first kappa shape index (κ1) is 19.4. The van der Waals surface area contributed by atoms with Gasteiger partial charge in [0.15, 0.2) is 6.61 Å². The molecule has 0 aliphatic carbocycles. The molecule has 0 aromatic heterocycles. The maximum atomic E-state index is 13.2. The molecule has 6 heteroatoms. The van der Waals surface area contributed by atoms with Gasteiger partial charge in [0.2, 0.25) is 0 Å². The van der Waals surface area contributed by atoms with E-state index in [9.17, 15) is 14.3 Å². The molecule has 0 heterocycles. The van der Waals surface area contributed by atoms with Crippen molar-refractivity contribution in [3.63, 3.8) is 0 Å². The van der Waals surface area contributed by atoms with Crippen molar-refractivity contribution < 1.29 is 19.0 Å². The fourth-order valence-corrected chi connectivity index (χ4v) is 2.24. The molecule has 1 amide bonds. The summed E-state index contributed by atoms with van der Waals surface area (Å²) in [7, 11) is 0. The Morgan fingerprint density at radius 3 is 2.46 bits per heavy atom. The van der Waals surface area contributed by atoms with Crippen LogP contribution in [0.25, 0.3) is 0 Å².